The number of amides is 1. The Morgan fingerprint density at radius 2 is 1.72 bits per heavy atom. The van der Waals surface area contributed by atoms with Gasteiger partial charge in [0.15, 0.2) is 0 Å². The molecule has 1 amide bonds. The second-order valence-electron chi connectivity index (χ2n) is 5.87. The van der Waals surface area contributed by atoms with Crippen LogP contribution in [-0.2, 0) is 0 Å². The standard InChI is InChI=1S/C19H19N3O3/c23-18(15-4-3-5-16(12-15)19(24)25)21-20-13-14-6-8-17(9-7-14)22-10-1-2-11-22/h3-9,12-13H,1-2,10-11H2,(H,21,23)(H,24,25)/b20-13+. The van der Waals surface area contributed by atoms with Crippen molar-refractivity contribution in [2.45, 2.75) is 12.8 Å². The van der Waals surface area contributed by atoms with Gasteiger partial charge in [-0.3, -0.25) is 4.79 Å². The number of carboxylic acid groups (broad SMARTS) is 1. The predicted molar refractivity (Wildman–Crippen MR) is 96.4 cm³/mol. The molecule has 1 aliphatic heterocycles. The van der Waals surface area contributed by atoms with Gasteiger partial charge in [0.05, 0.1) is 11.8 Å². The van der Waals surface area contributed by atoms with Crippen LogP contribution in [0.4, 0.5) is 5.69 Å². The van der Waals surface area contributed by atoms with Crippen molar-refractivity contribution in [2.75, 3.05) is 18.0 Å². The van der Waals surface area contributed by atoms with E-state index in [4.69, 9.17) is 5.11 Å². The number of carbonyl (C=O) groups excluding carboxylic acids is 1. The van der Waals surface area contributed by atoms with E-state index in [1.54, 1.807) is 12.3 Å². The molecule has 2 aromatic carbocycles. The van der Waals surface area contributed by atoms with Crippen molar-refractivity contribution in [2.24, 2.45) is 5.10 Å². The summed E-state index contributed by atoms with van der Waals surface area (Å²) >= 11 is 0. The largest absolute Gasteiger partial charge is 0.478 e. The predicted octanol–water partition coefficient (Wildman–Crippen LogP) is 2.75. The Hall–Kier alpha value is -3.15. The van der Waals surface area contributed by atoms with Crippen LogP contribution >= 0.6 is 0 Å². The number of benzene rings is 2. The SMILES string of the molecule is O=C(O)c1cccc(C(=O)N/N=C/c2ccc(N3CCCC3)cc2)c1. The van der Waals surface area contributed by atoms with Crippen molar-refractivity contribution < 1.29 is 14.7 Å². The summed E-state index contributed by atoms with van der Waals surface area (Å²) in [6.45, 7) is 2.19. The van der Waals surface area contributed by atoms with Crippen LogP contribution in [0.1, 0.15) is 39.1 Å². The molecule has 0 bridgehead atoms. The summed E-state index contributed by atoms with van der Waals surface area (Å²) in [6.07, 6.45) is 4.03. The van der Waals surface area contributed by atoms with E-state index in [1.165, 1.54) is 36.7 Å². The van der Waals surface area contributed by atoms with Crippen LogP contribution in [0.15, 0.2) is 53.6 Å². The third kappa shape index (κ3) is 4.23. The number of hydrogen-bond acceptors (Lipinski definition) is 4. The fraction of sp³-hybridized carbons (Fsp3) is 0.211. The number of hydrogen-bond donors (Lipinski definition) is 2. The Balaban J connectivity index is 1.59. The van der Waals surface area contributed by atoms with Crippen molar-refractivity contribution in [3.8, 4) is 0 Å². The lowest BCUT2D eigenvalue weighted by atomic mass is 10.1. The van der Waals surface area contributed by atoms with Crippen molar-refractivity contribution in [3.05, 3.63) is 65.2 Å². The van der Waals surface area contributed by atoms with Gasteiger partial charge in [0.1, 0.15) is 0 Å². The maximum absolute atomic E-state index is 12.0. The van der Waals surface area contributed by atoms with E-state index in [9.17, 15) is 9.59 Å². The molecular weight excluding hydrogens is 318 g/mol. The van der Waals surface area contributed by atoms with Crippen molar-refractivity contribution in [1.29, 1.82) is 0 Å². The molecule has 1 aliphatic rings. The zero-order chi connectivity index (χ0) is 17.6. The Morgan fingerprint density at radius 3 is 2.40 bits per heavy atom. The molecule has 0 spiro atoms. The van der Waals surface area contributed by atoms with Gasteiger partial charge >= 0.3 is 5.97 Å². The summed E-state index contributed by atoms with van der Waals surface area (Å²) in [5, 5.41) is 12.9. The fourth-order valence-electron chi connectivity index (χ4n) is 2.77. The van der Waals surface area contributed by atoms with Crippen molar-refractivity contribution >= 4 is 23.8 Å². The molecule has 6 heteroatoms. The van der Waals surface area contributed by atoms with Gasteiger partial charge in [-0.05, 0) is 48.7 Å². The van der Waals surface area contributed by atoms with Crippen LogP contribution in [0.25, 0.3) is 0 Å². The molecule has 6 nitrogen and oxygen atoms in total. The molecule has 0 saturated carbocycles. The highest BCUT2D eigenvalue weighted by Crippen LogP contribution is 2.19. The minimum atomic E-state index is -1.07. The fourth-order valence-corrected chi connectivity index (χ4v) is 2.77. The quantitative estimate of drug-likeness (QED) is 0.649. The number of nitrogens with zero attached hydrogens (tertiary/aromatic N) is 2. The minimum absolute atomic E-state index is 0.0640. The molecule has 2 N–H and O–H groups in total. The number of nitrogens with one attached hydrogen (secondary N) is 1. The minimum Gasteiger partial charge on any atom is -0.478 e. The monoisotopic (exact) mass is 337 g/mol. The molecule has 1 saturated heterocycles. The van der Waals surface area contributed by atoms with E-state index >= 15 is 0 Å². The van der Waals surface area contributed by atoms with Gasteiger partial charge in [0, 0.05) is 24.3 Å². The number of hydrazone groups is 1. The van der Waals surface area contributed by atoms with Crippen molar-refractivity contribution in [3.63, 3.8) is 0 Å². The topological polar surface area (TPSA) is 82.0 Å². The molecule has 1 fully saturated rings. The van der Waals surface area contributed by atoms with Crippen LogP contribution < -0.4 is 10.3 Å². The average molecular weight is 337 g/mol. The molecule has 0 aromatic heterocycles. The summed E-state index contributed by atoms with van der Waals surface area (Å²) in [4.78, 5) is 25.3. The van der Waals surface area contributed by atoms with Crippen LogP contribution in [0, 0.1) is 0 Å². The number of anilines is 1. The lowest BCUT2D eigenvalue weighted by Gasteiger charge is -2.17. The smallest absolute Gasteiger partial charge is 0.335 e. The number of rotatable bonds is 5. The highest BCUT2D eigenvalue weighted by atomic mass is 16.4. The van der Waals surface area contributed by atoms with Gasteiger partial charge < -0.3 is 10.0 Å². The summed E-state index contributed by atoms with van der Waals surface area (Å²) in [5.74, 6) is -1.52. The maximum atomic E-state index is 12.0. The normalized spacial score (nSPS) is 14.0. The zero-order valence-electron chi connectivity index (χ0n) is 13.7. The summed E-state index contributed by atoms with van der Waals surface area (Å²) < 4.78 is 0. The molecule has 2 aromatic rings. The number of carbonyl (C=O) groups is 2. The summed E-state index contributed by atoms with van der Waals surface area (Å²) in [7, 11) is 0. The van der Waals surface area contributed by atoms with Crippen molar-refractivity contribution in [1.82, 2.24) is 5.43 Å². The van der Waals surface area contributed by atoms with Gasteiger partial charge in [0.2, 0.25) is 0 Å². The molecule has 1 heterocycles. The average Bonchev–Trinajstić information content (AvgIpc) is 3.17. The second kappa shape index (κ2) is 7.61. The zero-order valence-corrected chi connectivity index (χ0v) is 13.7. The third-order valence-electron chi connectivity index (χ3n) is 4.12. The first-order valence-corrected chi connectivity index (χ1v) is 8.15. The second-order valence-corrected chi connectivity index (χ2v) is 5.87. The third-order valence-corrected chi connectivity index (χ3v) is 4.12. The molecule has 0 atom stereocenters. The van der Waals surface area contributed by atoms with E-state index in [-0.39, 0.29) is 11.1 Å². The molecule has 128 valence electrons. The molecule has 0 unspecified atom stereocenters. The van der Waals surface area contributed by atoms with Gasteiger partial charge in [-0.15, -0.1) is 0 Å². The maximum Gasteiger partial charge on any atom is 0.335 e. The van der Waals surface area contributed by atoms with Gasteiger partial charge in [0.25, 0.3) is 5.91 Å². The van der Waals surface area contributed by atoms with E-state index in [2.05, 4.69) is 15.4 Å². The molecule has 0 radical (unpaired) electrons. The lowest BCUT2D eigenvalue weighted by molar-refractivity contribution is 0.0697. The first kappa shape index (κ1) is 16.7. The molecule has 0 aliphatic carbocycles. The highest BCUT2D eigenvalue weighted by molar-refractivity contribution is 5.97. The van der Waals surface area contributed by atoms with E-state index < -0.39 is 11.9 Å². The molecule has 25 heavy (non-hydrogen) atoms. The Morgan fingerprint density at radius 1 is 1.04 bits per heavy atom. The summed E-state index contributed by atoms with van der Waals surface area (Å²) in [6, 6.07) is 13.8. The van der Waals surface area contributed by atoms with E-state index in [0.29, 0.717) is 0 Å². The van der Waals surface area contributed by atoms with E-state index in [0.717, 1.165) is 18.7 Å². The van der Waals surface area contributed by atoms with E-state index in [1.807, 2.05) is 24.3 Å². The van der Waals surface area contributed by atoms with Crippen LogP contribution in [0.2, 0.25) is 0 Å². The summed E-state index contributed by atoms with van der Waals surface area (Å²) in [5.41, 5.74) is 4.80. The van der Waals surface area contributed by atoms with Crippen LogP contribution in [-0.4, -0.2) is 36.3 Å². The number of carboxylic acids is 1. The molecular formula is C19H19N3O3. The van der Waals surface area contributed by atoms with Crippen LogP contribution in [0.5, 0.6) is 0 Å². The van der Waals surface area contributed by atoms with Gasteiger partial charge in [-0.25, -0.2) is 10.2 Å². The highest BCUT2D eigenvalue weighted by Gasteiger charge is 2.11. The molecule has 3 rings (SSSR count). The Bertz CT molecular complexity index is 794. The first-order valence-electron chi connectivity index (χ1n) is 8.15. The van der Waals surface area contributed by atoms with Gasteiger partial charge in [-0.2, -0.15) is 5.10 Å². The van der Waals surface area contributed by atoms with Crippen LogP contribution in [0.3, 0.4) is 0 Å². The van der Waals surface area contributed by atoms with Gasteiger partial charge in [-0.1, -0.05) is 18.2 Å². The number of aromatic carboxylic acids is 1. The Labute approximate surface area is 145 Å². The Kier molecular flexibility index (Phi) is 5.09. The lowest BCUT2D eigenvalue weighted by Crippen LogP contribution is -2.18. The first-order chi connectivity index (χ1) is 12.1.